The molecule has 110 valence electrons. The molecule has 0 radical (unpaired) electrons. The molecule has 2 aliphatic heterocycles. The normalized spacial score (nSPS) is 26.3. The number of nitrogens with one attached hydrogen (secondary N) is 2. The molecule has 1 amide bonds. The molecule has 1 atom stereocenters. The van der Waals surface area contributed by atoms with Crippen molar-refractivity contribution >= 4 is 5.91 Å². The summed E-state index contributed by atoms with van der Waals surface area (Å²) < 4.78 is 0. The smallest absolute Gasteiger partial charge is 0.234 e. The van der Waals surface area contributed by atoms with E-state index < -0.39 is 0 Å². The quantitative estimate of drug-likeness (QED) is 0.730. The Morgan fingerprint density at radius 1 is 1.26 bits per heavy atom. The summed E-state index contributed by atoms with van der Waals surface area (Å²) in [7, 11) is 0. The molecular weight excluding hydrogens is 240 g/mol. The van der Waals surface area contributed by atoms with Crippen LogP contribution in [0.3, 0.4) is 0 Å². The Morgan fingerprint density at radius 2 is 2.16 bits per heavy atom. The van der Waals surface area contributed by atoms with E-state index in [1.165, 1.54) is 19.4 Å². The van der Waals surface area contributed by atoms with Gasteiger partial charge < -0.3 is 10.6 Å². The molecule has 1 unspecified atom stereocenters. The van der Waals surface area contributed by atoms with Crippen LogP contribution in [0.2, 0.25) is 0 Å². The van der Waals surface area contributed by atoms with Gasteiger partial charge in [0.2, 0.25) is 5.91 Å². The van der Waals surface area contributed by atoms with Gasteiger partial charge in [0.15, 0.2) is 0 Å². The van der Waals surface area contributed by atoms with Gasteiger partial charge in [0.05, 0.1) is 6.54 Å². The largest absolute Gasteiger partial charge is 0.353 e. The van der Waals surface area contributed by atoms with Crippen molar-refractivity contribution in [2.75, 3.05) is 52.4 Å². The van der Waals surface area contributed by atoms with Crippen LogP contribution in [-0.4, -0.2) is 74.1 Å². The summed E-state index contributed by atoms with van der Waals surface area (Å²) in [6.07, 6.45) is 3.63. The molecule has 2 heterocycles. The number of likely N-dealkylation sites (N-methyl/N-ethyl adjacent to an activating group) is 1. The second-order valence-electron chi connectivity index (χ2n) is 5.61. The molecule has 5 nitrogen and oxygen atoms in total. The Bertz CT molecular complexity index is 277. The van der Waals surface area contributed by atoms with Crippen LogP contribution < -0.4 is 10.6 Å². The van der Waals surface area contributed by atoms with E-state index in [2.05, 4.69) is 27.4 Å². The zero-order valence-corrected chi connectivity index (χ0v) is 12.2. The van der Waals surface area contributed by atoms with Crippen LogP contribution in [0.25, 0.3) is 0 Å². The van der Waals surface area contributed by atoms with Gasteiger partial charge in [0.25, 0.3) is 0 Å². The first-order valence-corrected chi connectivity index (χ1v) is 7.73. The maximum Gasteiger partial charge on any atom is 0.234 e. The van der Waals surface area contributed by atoms with Crippen molar-refractivity contribution < 1.29 is 4.79 Å². The average molecular weight is 268 g/mol. The molecule has 0 aromatic heterocycles. The highest BCUT2D eigenvalue weighted by Gasteiger charge is 2.23. The fourth-order valence-corrected chi connectivity index (χ4v) is 3.09. The number of rotatable bonds is 5. The van der Waals surface area contributed by atoms with Crippen molar-refractivity contribution in [2.45, 2.75) is 32.2 Å². The first-order chi connectivity index (χ1) is 9.29. The molecular formula is C14H28N4O. The third-order valence-corrected chi connectivity index (χ3v) is 4.24. The Labute approximate surface area is 116 Å². The zero-order valence-electron chi connectivity index (χ0n) is 12.2. The topological polar surface area (TPSA) is 47.6 Å². The number of nitrogens with zero attached hydrogens (tertiary/aromatic N) is 2. The van der Waals surface area contributed by atoms with E-state index in [0.717, 1.165) is 45.7 Å². The van der Waals surface area contributed by atoms with Crippen LogP contribution in [0.1, 0.15) is 26.2 Å². The van der Waals surface area contributed by atoms with E-state index in [1.54, 1.807) is 0 Å². The Kier molecular flexibility index (Phi) is 6.07. The lowest BCUT2D eigenvalue weighted by molar-refractivity contribution is -0.122. The van der Waals surface area contributed by atoms with Gasteiger partial charge in [-0.15, -0.1) is 0 Å². The molecule has 19 heavy (non-hydrogen) atoms. The monoisotopic (exact) mass is 268 g/mol. The molecule has 2 saturated heterocycles. The van der Waals surface area contributed by atoms with Gasteiger partial charge in [-0.05, 0) is 45.4 Å². The molecule has 2 N–H and O–H groups in total. The van der Waals surface area contributed by atoms with Crippen molar-refractivity contribution in [3.8, 4) is 0 Å². The maximum absolute atomic E-state index is 12.0. The Balaban J connectivity index is 1.66. The molecule has 2 fully saturated rings. The lowest BCUT2D eigenvalue weighted by atomic mass is 10.2. The van der Waals surface area contributed by atoms with Gasteiger partial charge in [-0.3, -0.25) is 14.6 Å². The summed E-state index contributed by atoms with van der Waals surface area (Å²) in [6.45, 7) is 9.95. The molecule has 2 aliphatic rings. The van der Waals surface area contributed by atoms with Gasteiger partial charge >= 0.3 is 0 Å². The van der Waals surface area contributed by atoms with Crippen molar-refractivity contribution in [2.24, 2.45) is 0 Å². The number of carbonyl (C=O) groups is 1. The second kappa shape index (κ2) is 7.82. The van der Waals surface area contributed by atoms with E-state index in [4.69, 9.17) is 0 Å². The van der Waals surface area contributed by atoms with Crippen LogP contribution in [0.15, 0.2) is 0 Å². The molecule has 0 bridgehead atoms. The van der Waals surface area contributed by atoms with E-state index in [1.807, 2.05) is 0 Å². The van der Waals surface area contributed by atoms with E-state index in [9.17, 15) is 4.79 Å². The Morgan fingerprint density at radius 3 is 3.00 bits per heavy atom. The minimum absolute atomic E-state index is 0.185. The van der Waals surface area contributed by atoms with E-state index in [-0.39, 0.29) is 5.91 Å². The minimum atomic E-state index is 0.185. The fourth-order valence-electron chi connectivity index (χ4n) is 3.09. The summed E-state index contributed by atoms with van der Waals surface area (Å²) in [5.74, 6) is 0.185. The van der Waals surface area contributed by atoms with Crippen LogP contribution >= 0.6 is 0 Å². The molecule has 0 aromatic carbocycles. The highest BCUT2D eigenvalue weighted by atomic mass is 16.2. The van der Waals surface area contributed by atoms with Gasteiger partial charge in [0, 0.05) is 25.7 Å². The number of hydrogen-bond acceptors (Lipinski definition) is 4. The molecule has 5 heteroatoms. The molecule has 2 rings (SSSR count). The summed E-state index contributed by atoms with van der Waals surface area (Å²) >= 11 is 0. The SMILES string of the molecule is CCN1CCCC1CNC(=O)CN1CCCNCC1. The lowest BCUT2D eigenvalue weighted by Gasteiger charge is -2.24. The molecule has 0 spiro atoms. The number of amides is 1. The first kappa shape index (κ1) is 14.8. The van der Waals surface area contributed by atoms with Crippen LogP contribution in [0, 0.1) is 0 Å². The second-order valence-corrected chi connectivity index (χ2v) is 5.61. The first-order valence-electron chi connectivity index (χ1n) is 7.73. The standard InChI is InChI=1S/C14H28N4O/c1-2-18-9-3-5-13(18)11-16-14(19)12-17-8-4-6-15-7-10-17/h13,15H,2-12H2,1H3,(H,16,19). The summed E-state index contributed by atoms with van der Waals surface area (Å²) in [6, 6.07) is 0.555. The predicted octanol–water partition coefficient (Wildman–Crippen LogP) is -0.118. The summed E-state index contributed by atoms with van der Waals surface area (Å²) in [4.78, 5) is 16.7. The summed E-state index contributed by atoms with van der Waals surface area (Å²) in [5, 5.41) is 6.47. The van der Waals surface area contributed by atoms with Crippen molar-refractivity contribution in [3.05, 3.63) is 0 Å². The van der Waals surface area contributed by atoms with Crippen molar-refractivity contribution in [3.63, 3.8) is 0 Å². The van der Waals surface area contributed by atoms with E-state index in [0.29, 0.717) is 12.6 Å². The third-order valence-electron chi connectivity index (χ3n) is 4.24. The predicted molar refractivity (Wildman–Crippen MR) is 77.2 cm³/mol. The van der Waals surface area contributed by atoms with Crippen LogP contribution in [0.5, 0.6) is 0 Å². The highest BCUT2D eigenvalue weighted by molar-refractivity contribution is 5.78. The van der Waals surface area contributed by atoms with Crippen LogP contribution in [-0.2, 0) is 4.79 Å². The fraction of sp³-hybridized carbons (Fsp3) is 0.929. The molecule has 0 saturated carbocycles. The highest BCUT2D eigenvalue weighted by Crippen LogP contribution is 2.15. The van der Waals surface area contributed by atoms with Gasteiger partial charge in [-0.1, -0.05) is 6.92 Å². The van der Waals surface area contributed by atoms with Crippen LogP contribution in [0.4, 0.5) is 0 Å². The summed E-state index contributed by atoms with van der Waals surface area (Å²) in [5.41, 5.74) is 0. The Hall–Kier alpha value is -0.650. The maximum atomic E-state index is 12.0. The van der Waals surface area contributed by atoms with Crippen molar-refractivity contribution in [1.29, 1.82) is 0 Å². The van der Waals surface area contributed by atoms with Crippen molar-refractivity contribution in [1.82, 2.24) is 20.4 Å². The molecule has 0 aromatic rings. The van der Waals surface area contributed by atoms with E-state index >= 15 is 0 Å². The number of likely N-dealkylation sites (tertiary alicyclic amines) is 1. The number of hydrogen-bond donors (Lipinski definition) is 2. The third kappa shape index (κ3) is 4.75. The minimum Gasteiger partial charge on any atom is -0.353 e. The van der Waals surface area contributed by atoms with Gasteiger partial charge in [0.1, 0.15) is 0 Å². The van der Waals surface area contributed by atoms with Gasteiger partial charge in [-0.25, -0.2) is 0 Å². The zero-order chi connectivity index (χ0) is 13.5. The van der Waals surface area contributed by atoms with Gasteiger partial charge in [-0.2, -0.15) is 0 Å². The molecule has 0 aliphatic carbocycles. The number of carbonyl (C=O) groups excluding carboxylic acids is 1. The average Bonchev–Trinajstić information content (AvgIpc) is 2.72. The lowest BCUT2D eigenvalue weighted by Crippen LogP contribution is -2.44.